The van der Waals surface area contributed by atoms with E-state index in [0.29, 0.717) is 24.8 Å². The number of hydrogen-bond donors (Lipinski definition) is 2. The molecule has 0 rings (SSSR count). The predicted octanol–water partition coefficient (Wildman–Crippen LogP) is 1.06. The quantitative estimate of drug-likeness (QED) is 0.670. The van der Waals surface area contributed by atoms with E-state index in [1.54, 1.807) is 0 Å². The number of carbonyl (C=O) groups excluding carboxylic acids is 1. The summed E-state index contributed by atoms with van der Waals surface area (Å²) < 4.78 is 0. The van der Waals surface area contributed by atoms with Crippen LogP contribution in [0.1, 0.15) is 33.6 Å². The number of amides is 1. The highest BCUT2D eigenvalue weighted by molar-refractivity contribution is 5.76. The summed E-state index contributed by atoms with van der Waals surface area (Å²) in [5.41, 5.74) is 5.54. The fourth-order valence-corrected chi connectivity index (χ4v) is 1.59. The minimum atomic E-state index is 0.144. The van der Waals surface area contributed by atoms with Gasteiger partial charge in [-0.25, -0.2) is 0 Å². The van der Waals surface area contributed by atoms with Crippen LogP contribution in [0.2, 0.25) is 0 Å². The summed E-state index contributed by atoms with van der Waals surface area (Å²) >= 11 is 0. The van der Waals surface area contributed by atoms with Crippen LogP contribution in [0.3, 0.4) is 0 Å². The van der Waals surface area contributed by atoms with Crippen LogP contribution in [0.5, 0.6) is 0 Å². The number of rotatable bonds is 8. The van der Waals surface area contributed by atoms with E-state index in [1.807, 2.05) is 14.1 Å². The fraction of sp³-hybridized carbons (Fsp3) is 0.923. The topological polar surface area (TPSA) is 58.4 Å². The van der Waals surface area contributed by atoms with Crippen molar-refractivity contribution in [3.05, 3.63) is 0 Å². The molecular weight excluding hydrogens is 214 g/mol. The van der Waals surface area contributed by atoms with Crippen molar-refractivity contribution in [2.75, 3.05) is 27.2 Å². The van der Waals surface area contributed by atoms with Crippen LogP contribution in [-0.2, 0) is 4.79 Å². The highest BCUT2D eigenvalue weighted by Gasteiger charge is 2.17. The summed E-state index contributed by atoms with van der Waals surface area (Å²) in [6.07, 6.45) is 1.45. The second-order valence-corrected chi connectivity index (χ2v) is 5.56. The Morgan fingerprint density at radius 3 is 2.29 bits per heavy atom. The van der Waals surface area contributed by atoms with Gasteiger partial charge in [0, 0.05) is 19.0 Å². The molecule has 0 spiro atoms. The maximum Gasteiger partial charge on any atom is 0.220 e. The van der Waals surface area contributed by atoms with Gasteiger partial charge >= 0.3 is 0 Å². The molecule has 17 heavy (non-hydrogen) atoms. The zero-order valence-corrected chi connectivity index (χ0v) is 12.0. The maximum atomic E-state index is 11.8. The molecule has 4 nitrogen and oxygen atoms in total. The van der Waals surface area contributed by atoms with Crippen molar-refractivity contribution in [1.29, 1.82) is 0 Å². The molecule has 0 aliphatic rings. The molecule has 0 aliphatic heterocycles. The maximum absolute atomic E-state index is 11.8. The van der Waals surface area contributed by atoms with Crippen LogP contribution in [0.25, 0.3) is 0 Å². The van der Waals surface area contributed by atoms with Gasteiger partial charge in [-0.1, -0.05) is 20.8 Å². The number of hydrogen-bond acceptors (Lipinski definition) is 3. The van der Waals surface area contributed by atoms with E-state index in [9.17, 15) is 4.79 Å². The van der Waals surface area contributed by atoms with E-state index >= 15 is 0 Å². The molecule has 0 aliphatic carbocycles. The minimum absolute atomic E-state index is 0.144. The first kappa shape index (κ1) is 16.4. The van der Waals surface area contributed by atoms with E-state index in [0.717, 1.165) is 13.0 Å². The lowest BCUT2D eigenvalue weighted by Crippen LogP contribution is -2.45. The number of likely N-dealkylation sites (N-methyl/N-ethyl adjacent to an activating group) is 1. The molecule has 0 aromatic heterocycles. The van der Waals surface area contributed by atoms with Gasteiger partial charge in [-0.15, -0.1) is 0 Å². The second-order valence-electron chi connectivity index (χ2n) is 5.56. The average molecular weight is 243 g/mol. The third-order valence-electron chi connectivity index (χ3n) is 2.98. The molecule has 0 radical (unpaired) electrons. The smallest absolute Gasteiger partial charge is 0.220 e. The van der Waals surface area contributed by atoms with Gasteiger partial charge in [-0.2, -0.15) is 0 Å². The van der Waals surface area contributed by atoms with Crippen molar-refractivity contribution in [2.24, 2.45) is 17.6 Å². The number of nitrogens with two attached hydrogens (primary N) is 1. The van der Waals surface area contributed by atoms with Gasteiger partial charge in [0.25, 0.3) is 0 Å². The van der Waals surface area contributed by atoms with E-state index in [4.69, 9.17) is 5.73 Å². The van der Waals surface area contributed by atoms with Crippen LogP contribution in [-0.4, -0.2) is 44.0 Å². The van der Waals surface area contributed by atoms with Crippen molar-refractivity contribution in [3.8, 4) is 0 Å². The summed E-state index contributed by atoms with van der Waals surface area (Å²) in [7, 11) is 4.05. The van der Waals surface area contributed by atoms with Crippen molar-refractivity contribution in [2.45, 2.75) is 39.7 Å². The number of carbonyl (C=O) groups is 1. The Morgan fingerprint density at radius 1 is 1.29 bits per heavy atom. The van der Waals surface area contributed by atoms with Crippen LogP contribution in [0.4, 0.5) is 0 Å². The first-order valence-corrected chi connectivity index (χ1v) is 6.51. The van der Waals surface area contributed by atoms with Gasteiger partial charge in [0.05, 0.1) is 0 Å². The van der Waals surface area contributed by atoms with Gasteiger partial charge in [0.15, 0.2) is 0 Å². The molecule has 0 bridgehead atoms. The molecular formula is C13H29N3O. The summed E-state index contributed by atoms with van der Waals surface area (Å²) in [5.74, 6) is 1.02. The lowest BCUT2D eigenvalue weighted by Gasteiger charge is -2.25. The van der Waals surface area contributed by atoms with Gasteiger partial charge in [-0.05, 0) is 38.9 Å². The molecule has 0 saturated carbocycles. The van der Waals surface area contributed by atoms with Crippen molar-refractivity contribution >= 4 is 5.91 Å². The van der Waals surface area contributed by atoms with Crippen LogP contribution in [0.15, 0.2) is 0 Å². The highest BCUT2D eigenvalue weighted by atomic mass is 16.1. The summed E-state index contributed by atoms with van der Waals surface area (Å²) in [5, 5.41) is 3.11. The van der Waals surface area contributed by atoms with Gasteiger partial charge in [0.1, 0.15) is 0 Å². The third kappa shape index (κ3) is 8.16. The first-order valence-electron chi connectivity index (χ1n) is 6.51. The van der Waals surface area contributed by atoms with E-state index in [2.05, 4.69) is 31.0 Å². The van der Waals surface area contributed by atoms with Gasteiger partial charge in [0.2, 0.25) is 5.91 Å². The fourth-order valence-electron chi connectivity index (χ4n) is 1.59. The Bertz CT molecular complexity index is 217. The third-order valence-corrected chi connectivity index (χ3v) is 2.98. The van der Waals surface area contributed by atoms with Crippen LogP contribution in [0, 0.1) is 11.8 Å². The Labute approximate surface area is 106 Å². The molecule has 1 amide bonds. The summed E-state index contributed by atoms with van der Waals surface area (Å²) in [4.78, 5) is 13.9. The Hall–Kier alpha value is -0.610. The first-order chi connectivity index (χ1) is 7.86. The highest BCUT2D eigenvalue weighted by Crippen LogP contribution is 2.06. The van der Waals surface area contributed by atoms with E-state index < -0.39 is 0 Å². The molecule has 0 saturated heterocycles. The average Bonchev–Trinajstić information content (AvgIpc) is 2.24. The van der Waals surface area contributed by atoms with Crippen molar-refractivity contribution in [3.63, 3.8) is 0 Å². The van der Waals surface area contributed by atoms with Crippen molar-refractivity contribution < 1.29 is 4.79 Å². The molecule has 3 N–H and O–H groups in total. The van der Waals surface area contributed by atoms with Gasteiger partial charge < -0.3 is 16.0 Å². The van der Waals surface area contributed by atoms with Gasteiger partial charge in [-0.3, -0.25) is 4.79 Å². The Balaban J connectivity index is 4.04. The van der Waals surface area contributed by atoms with E-state index in [-0.39, 0.29) is 11.9 Å². The molecule has 0 aromatic rings. The lowest BCUT2D eigenvalue weighted by molar-refractivity contribution is -0.122. The Kier molecular flexibility index (Phi) is 8.17. The molecule has 102 valence electrons. The number of nitrogens with zero attached hydrogens (tertiary/aromatic N) is 1. The molecule has 2 atom stereocenters. The monoisotopic (exact) mass is 243 g/mol. The zero-order chi connectivity index (χ0) is 13.4. The molecule has 4 heteroatoms. The standard InChI is InChI=1S/C13H29N3O/c1-10(2)12(9-16(4)5)15-13(17)7-6-11(3)8-14/h10-12H,6-9,14H2,1-5H3,(H,15,17). The SMILES string of the molecule is CC(CN)CCC(=O)NC(CN(C)C)C(C)C. The minimum Gasteiger partial charge on any atom is -0.352 e. The number of nitrogens with one attached hydrogen (secondary N) is 1. The molecule has 0 fully saturated rings. The summed E-state index contributed by atoms with van der Waals surface area (Å²) in [6.45, 7) is 7.88. The van der Waals surface area contributed by atoms with Crippen LogP contribution >= 0.6 is 0 Å². The molecule has 2 unspecified atom stereocenters. The predicted molar refractivity (Wildman–Crippen MR) is 72.8 cm³/mol. The lowest BCUT2D eigenvalue weighted by atomic mass is 10.0. The molecule has 0 heterocycles. The normalized spacial score (nSPS) is 15.1. The summed E-state index contributed by atoms with van der Waals surface area (Å²) in [6, 6.07) is 0.227. The van der Waals surface area contributed by atoms with Crippen molar-refractivity contribution in [1.82, 2.24) is 10.2 Å². The molecule has 0 aromatic carbocycles. The zero-order valence-electron chi connectivity index (χ0n) is 12.0. The van der Waals surface area contributed by atoms with E-state index in [1.165, 1.54) is 0 Å². The Morgan fingerprint density at radius 2 is 1.88 bits per heavy atom. The largest absolute Gasteiger partial charge is 0.352 e. The second kappa shape index (κ2) is 8.48. The van der Waals surface area contributed by atoms with Crippen LogP contribution < -0.4 is 11.1 Å².